The molecule has 9 heteroatoms. The first kappa shape index (κ1) is 19.4. The van der Waals surface area contributed by atoms with Crippen molar-refractivity contribution >= 4 is 0 Å². The Hall–Kier alpha value is -2.94. The number of halogens is 3. The Balaban J connectivity index is 1.58. The fourth-order valence-electron chi connectivity index (χ4n) is 3.60. The van der Waals surface area contributed by atoms with E-state index < -0.39 is 11.7 Å². The first-order chi connectivity index (χ1) is 13.7. The van der Waals surface area contributed by atoms with Crippen molar-refractivity contribution < 1.29 is 13.2 Å². The highest BCUT2D eigenvalue weighted by atomic mass is 19.4. The van der Waals surface area contributed by atoms with Crippen LogP contribution in [0.3, 0.4) is 0 Å². The molecule has 0 atom stereocenters. The largest absolute Gasteiger partial charge is 0.416 e. The van der Waals surface area contributed by atoms with Crippen molar-refractivity contribution in [2.75, 3.05) is 6.54 Å². The molecule has 1 aliphatic rings. The Morgan fingerprint density at radius 2 is 1.90 bits per heavy atom. The lowest BCUT2D eigenvalue weighted by atomic mass is 10.0. The van der Waals surface area contributed by atoms with Gasteiger partial charge in [0.2, 0.25) is 0 Å². The van der Waals surface area contributed by atoms with E-state index in [1.165, 1.54) is 12.1 Å². The number of hydrogen-bond donors (Lipinski definition) is 2. The summed E-state index contributed by atoms with van der Waals surface area (Å²) in [5.74, 6) is 0.289. The van der Waals surface area contributed by atoms with E-state index >= 15 is 0 Å². The minimum Gasteiger partial charge on any atom is -0.306 e. The lowest BCUT2D eigenvalue weighted by Gasteiger charge is -2.27. The molecule has 0 aliphatic carbocycles. The van der Waals surface area contributed by atoms with Crippen molar-refractivity contribution in [3.8, 4) is 11.4 Å². The van der Waals surface area contributed by atoms with Crippen molar-refractivity contribution in [1.29, 1.82) is 0 Å². The number of aromatic amines is 2. The van der Waals surface area contributed by atoms with E-state index in [2.05, 4.69) is 25.1 Å². The van der Waals surface area contributed by atoms with Gasteiger partial charge < -0.3 is 4.98 Å². The van der Waals surface area contributed by atoms with Gasteiger partial charge >= 0.3 is 6.18 Å². The number of benzene rings is 1. The van der Waals surface area contributed by atoms with Crippen LogP contribution in [-0.4, -0.2) is 31.6 Å². The number of aryl methyl sites for hydroxylation is 2. The van der Waals surface area contributed by atoms with Gasteiger partial charge in [0.05, 0.1) is 22.5 Å². The summed E-state index contributed by atoms with van der Waals surface area (Å²) in [7, 11) is 0. The molecule has 29 heavy (non-hydrogen) atoms. The summed E-state index contributed by atoms with van der Waals surface area (Å²) in [6.45, 7) is 5.81. The standard InChI is InChI=1S/C20H20F3N5O/c1-11-15(12(2)27-26-11)9-28-8-7-17-16(10-28)19(29)25-18(24-17)13-3-5-14(6-4-13)20(21,22)23/h3-6H,7-10H2,1-2H3,(H,26,27)(H,24,25,29). The molecule has 6 nitrogen and oxygen atoms in total. The van der Waals surface area contributed by atoms with Crippen LogP contribution in [0.15, 0.2) is 29.1 Å². The lowest BCUT2D eigenvalue weighted by Crippen LogP contribution is -2.35. The molecule has 152 valence electrons. The third-order valence-corrected chi connectivity index (χ3v) is 5.30. The summed E-state index contributed by atoms with van der Waals surface area (Å²) in [6.07, 6.45) is -3.80. The Morgan fingerprint density at radius 3 is 2.52 bits per heavy atom. The van der Waals surface area contributed by atoms with E-state index in [1.54, 1.807) is 0 Å². The average Bonchev–Trinajstić information content (AvgIpc) is 3.00. The number of alkyl halides is 3. The summed E-state index contributed by atoms with van der Waals surface area (Å²) in [5.41, 5.74) is 3.84. The Bertz CT molecular complexity index is 1080. The van der Waals surface area contributed by atoms with E-state index in [-0.39, 0.29) is 11.4 Å². The Morgan fingerprint density at radius 1 is 1.17 bits per heavy atom. The van der Waals surface area contributed by atoms with Gasteiger partial charge in [-0.25, -0.2) is 4.98 Å². The zero-order valence-electron chi connectivity index (χ0n) is 16.0. The van der Waals surface area contributed by atoms with E-state index in [9.17, 15) is 18.0 Å². The van der Waals surface area contributed by atoms with Crippen molar-refractivity contribution in [3.05, 3.63) is 68.4 Å². The van der Waals surface area contributed by atoms with Gasteiger partial charge in [-0.05, 0) is 26.0 Å². The topological polar surface area (TPSA) is 77.7 Å². The van der Waals surface area contributed by atoms with Gasteiger partial charge in [0.1, 0.15) is 5.82 Å². The average molecular weight is 403 g/mol. The van der Waals surface area contributed by atoms with E-state index in [0.29, 0.717) is 36.3 Å². The third kappa shape index (κ3) is 3.82. The second-order valence-corrected chi connectivity index (χ2v) is 7.29. The molecule has 0 spiro atoms. The zero-order chi connectivity index (χ0) is 20.8. The van der Waals surface area contributed by atoms with Crippen LogP contribution in [-0.2, 0) is 25.7 Å². The summed E-state index contributed by atoms with van der Waals surface area (Å²) >= 11 is 0. The number of rotatable bonds is 3. The van der Waals surface area contributed by atoms with Crippen LogP contribution in [0, 0.1) is 13.8 Å². The molecule has 2 N–H and O–H groups in total. The maximum Gasteiger partial charge on any atom is 0.416 e. The van der Waals surface area contributed by atoms with Gasteiger partial charge in [-0.3, -0.25) is 14.8 Å². The Labute approximate surface area is 164 Å². The molecule has 0 saturated carbocycles. The van der Waals surface area contributed by atoms with Gasteiger partial charge in [0, 0.05) is 42.9 Å². The number of nitrogens with zero attached hydrogens (tertiary/aromatic N) is 3. The van der Waals surface area contributed by atoms with Gasteiger partial charge in [-0.1, -0.05) is 12.1 Å². The van der Waals surface area contributed by atoms with E-state index in [4.69, 9.17) is 0 Å². The molecule has 0 unspecified atom stereocenters. The highest BCUT2D eigenvalue weighted by Crippen LogP contribution is 2.30. The van der Waals surface area contributed by atoms with Crippen LogP contribution >= 0.6 is 0 Å². The summed E-state index contributed by atoms with van der Waals surface area (Å²) in [5, 5.41) is 7.18. The smallest absolute Gasteiger partial charge is 0.306 e. The minimum atomic E-state index is -4.40. The molecule has 0 amide bonds. The number of hydrogen-bond acceptors (Lipinski definition) is 4. The number of fused-ring (bicyclic) bond motifs is 1. The first-order valence-corrected chi connectivity index (χ1v) is 9.25. The summed E-state index contributed by atoms with van der Waals surface area (Å²) in [4.78, 5) is 22.1. The van der Waals surface area contributed by atoms with Crippen LogP contribution in [0.5, 0.6) is 0 Å². The van der Waals surface area contributed by atoms with Crippen LogP contribution in [0.4, 0.5) is 13.2 Å². The monoisotopic (exact) mass is 403 g/mol. The molecule has 1 aromatic carbocycles. The van der Waals surface area contributed by atoms with Crippen molar-refractivity contribution in [3.63, 3.8) is 0 Å². The summed E-state index contributed by atoms with van der Waals surface area (Å²) < 4.78 is 38.2. The molecule has 0 saturated heterocycles. The molecule has 4 rings (SSSR count). The minimum absolute atomic E-state index is 0.254. The molecule has 0 radical (unpaired) electrons. The fourth-order valence-corrected chi connectivity index (χ4v) is 3.60. The molecule has 2 aromatic heterocycles. The lowest BCUT2D eigenvalue weighted by molar-refractivity contribution is -0.137. The van der Waals surface area contributed by atoms with Gasteiger partial charge in [0.15, 0.2) is 0 Å². The van der Waals surface area contributed by atoms with Crippen LogP contribution in [0.25, 0.3) is 11.4 Å². The molecule has 1 aliphatic heterocycles. The van der Waals surface area contributed by atoms with Crippen LogP contribution in [0.2, 0.25) is 0 Å². The molecule has 3 heterocycles. The van der Waals surface area contributed by atoms with Crippen molar-refractivity contribution in [2.24, 2.45) is 0 Å². The maximum atomic E-state index is 12.7. The van der Waals surface area contributed by atoms with Crippen molar-refractivity contribution in [1.82, 2.24) is 25.1 Å². The normalized spacial score (nSPS) is 14.8. The first-order valence-electron chi connectivity index (χ1n) is 9.25. The molecule has 3 aromatic rings. The highest BCUT2D eigenvalue weighted by Gasteiger charge is 2.30. The molecular formula is C20H20F3N5O. The number of H-pyrrole nitrogens is 2. The molecule has 0 bridgehead atoms. The second kappa shape index (κ2) is 7.14. The Kier molecular flexibility index (Phi) is 4.77. The summed E-state index contributed by atoms with van der Waals surface area (Å²) in [6, 6.07) is 4.64. The number of nitrogens with one attached hydrogen (secondary N) is 2. The molecule has 0 fully saturated rings. The quantitative estimate of drug-likeness (QED) is 0.703. The number of aromatic nitrogens is 4. The zero-order valence-corrected chi connectivity index (χ0v) is 16.0. The second-order valence-electron chi connectivity index (χ2n) is 7.29. The maximum absolute atomic E-state index is 12.7. The fraction of sp³-hybridized carbons (Fsp3) is 0.350. The van der Waals surface area contributed by atoms with Gasteiger partial charge in [-0.2, -0.15) is 18.3 Å². The third-order valence-electron chi connectivity index (χ3n) is 5.30. The van der Waals surface area contributed by atoms with Gasteiger partial charge in [-0.15, -0.1) is 0 Å². The van der Waals surface area contributed by atoms with E-state index in [1.807, 2.05) is 13.8 Å². The van der Waals surface area contributed by atoms with Crippen molar-refractivity contribution in [2.45, 2.75) is 39.5 Å². The van der Waals surface area contributed by atoms with Crippen LogP contribution in [0.1, 0.15) is 33.8 Å². The van der Waals surface area contributed by atoms with Crippen LogP contribution < -0.4 is 5.56 Å². The highest BCUT2D eigenvalue weighted by molar-refractivity contribution is 5.56. The molecular weight excluding hydrogens is 383 g/mol. The predicted octanol–water partition coefficient (Wildman–Crippen LogP) is 3.35. The predicted molar refractivity (Wildman–Crippen MR) is 101 cm³/mol. The van der Waals surface area contributed by atoms with Gasteiger partial charge in [0.25, 0.3) is 5.56 Å². The SMILES string of the molecule is Cc1n[nH]c(C)c1CN1CCc2nc(-c3ccc(C(F)(F)F)cc3)[nH]c(=O)c2C1. The van der Waals surface area contributed by atoms with E-state index in [0.717, 1.165) is 35.6 Å².